The van der Waals surface area contributed by atoms with Crippen LogP contribution in [0.15, 0.2) is 40.5 Å². The van der Waals surface area contributed by atoms with Gasteiger partial charge in [0.25, 0.3) is 0 Å². The van der Waals surface area contributed by atoms with Gasteiger partial charge < -0.3 is 5.32 Å². The molecule has 0 unspecified atom stereocenters. The molecule has 2 aliphatic rings. The second-order valence-corrected chi connectivity index (χ2v) is 13.7. The van der Waals surface area contributed by atoms with Crippen molar-refractivity contribution in [2.75, 3.05) is 17.6 Å². The predicted molar refractivity (Wildman–Crippen MR) is 146 cm³/mol. The average molecular weight is 545 g/mol. The number of aryl methyl sites for hydroxylation is 1. The summed E-state index contributed by atoms with van der Waals surface area (Å²) in [5, 5.41) is 4.86. The zero-order valence-corrected chi connectivity index (χ0v) is 23.1. The lowest BCUT2D eigenvalue weighted by molar-refractivity contribution is -0.113. The molecule has 7 nitrogen and oxygen atoms in total. The Kier molecular flexibility index (Phi) is 7.67. The summed E-state index contributed by atoms with van der Waals surface area (Å²) in [5.74, 6) is 0.760. The van der Waals surface area contributed by atoms with Gasteiger partial charge in [-0.2, -0.15) is 4.31 Å². The number of thioether (sulfide) groups is 1. The number of nitrogens with one attached hydrogen (secondary N) is 1. The van der Waals surface area contributed by atoms with Crippen molar-refractivity contribution in [3.63, 3.8) is 0 Å². The Labute approximate surface area is 221 Å². The highest BCUT2D eigenvalue weighted by Crippen LogP contribution is 2.40. The predicted octanol–water partition coefficient (Wildman–Crippen LogP) is 5.50. The van der Waals surface area contributed by atoms with Gasteiger partial charge in [0, 0.05) is 28.5 Å². The number of hydrogen-bond donors (Lipinski definition) is 1. The first-order valence-electron chi connectivity index (χ1n) is 12.7. The first kappa shape index (κ1) is 25.6. The number of carbonyl (C=O) groups excluding carboxylic acids is 1. The standard InChI is InChI=1S/C26H32N4O3S3/c1-3-19-6-4-5-13-30(19)36(32,33)20-10-8-18(9-11-20)29-23(31)15-34-25-24-21-12-7-17(2)14-22(21)35-26(24)28-16-27-25/h8-11,16-17,19H,3-7,12-15H2,1-2H3,(H,29,31)/t17-,19-/m1/s1. The lowest BCUT2D eigenvalue weighted by atomic mass is 9.89. The molecule has 1 saturated heterocycles. The Morgan fingerprint density at radius 1 is 1.19 bits per heavy atom. The Balaban J connectivity index is 1.24. The lowest BCUT2D eigenvalue weighted by Crippen LogP contribution is -2.43. The number of anilines is 1. The Morgan fingerprint density at radius 3 is 2.78 bits per heavy atom. The van der Waals surface area contributed by atoms with Crippen molar-refractivity contribution in [2.24, 2.45) is 5.92 Å². The van der Waals surface area contributed by atoms with E-state index in [-0.39, 0.29) is 22.6 Å². The molecular formula is C26H32N4O3S3. The Bertz CT molecular complexity index is 1350. The van der Waals surface area contributed by atoms with Crippen LogP contribution >= 0.6 is 23.1 Å². The molecule has 0 bridgehead atoms. The molecule has 3 aromatic rings. The quantitative estimate of drug-likeness (QED) is 0.312. The van der Waals surface area contributed by atoms with Crippen LogP contribution in [0, 0.1) is 5.92 Å². The molecule has 1 N–H and O–H groups in total. The molecule has 0 spiro atoms. The fraction of sp³-hybridized carbons (Fsp3) is 0.500. The largest absolute Gasteiger partial charge is 0.325 e. The van der Waals surface area contributed by atoms with Crippen LogP contribution in [0.2, 0.25) is 0 Å². The van der Waals surface area contributed by atoms with Crippen molar-refractivity contribution in [2.45, 2.75) is 74.8 Å². The third-order valence-corrected chi connectivity index (χ3v) is 11.3. The van der Waals surface area contributed by atoms with Crippen molar-refractivity contribution in [1.29, 1.82) is 0 Å². The number of benzene rings is 1. The molecule has 1 amide bonds. The van der Waals surface area contributed by atoms with Gasteiger partial charge in [-0.3, -0.25) is 4.79 Å². The average Bonchev–Trinajstić information content (AvgIpc) is 3.25. The van der Waals surface area contributed by atoms with Crippen LogP contribution in [-0.2, 0) is 27.7 Å². The maximum absolute atomic E-state index is 13.2. The van der Waals surface area contributed by atoms with E-state index in [0.29, 0.717) is 18.2 Å². The number of rotatable bonds is 7. The SMILES string of the molecule is CC[C@@H]1CCCCN1S(=O)(=O)c1ccc(NC(=O)CSc2ncnc3sc4c(c23)CC[C@@H](C)C4)cc1. The number of sulfonamides is 1. The van der Waals surface area contributed by atoms with Gasteiger partial charge in [-0.05, 0) is 74.3 Å². The topological polar surface area (TPSA) is 92.3 Å². The highest BCUT2D eigenvalue weighted by Gasteiger charge is 2.32. The molecule has 1 aliphatic heterocycles. The van der Waals surface area contributed by atoms with Crippen LogP contribution in [0.1, 0.15) is 56.4 Å². The van der Waals surface area contributed by atoms with Gasteiger partial charge >= 0.3 is 0 Å². The van der Waals surface area contributed by atoms with Gasteiger partial charge in [-0.15, -0.1) is 11.3 Å². The third kappa shape index (κ3) is 5.18. The summed E-state index contributed by atoms with van der Waals surface area (Å²) >= 11 is 3.18. The number of fused-ring (bicyclic) bond motifs is 3. The minimum Gasteiger partial charge on any atom is -0.325 e. The molecule has 1 fully saturated rings. The maximum atomic E-state index is 13.2. The molecule has 5 rings (SSSR count). The molecule has 2 aromatic heterocycles. The normalized spacial score (nSPS) is 20.8. The molecule has 0 radical (unpaired) electrons. The highest BCUT2D eigenvalue weighted by atomic mass is 32.2. The molecule has 2 atom stereocenters. The van der Waals surface area contributed by atoms with E-state index in [0.717, 1.165) is 53.8 Å². The Morgan fingerprint density at radius 2 is 2.00 bits per heavy atom. The van der Waals surface area contributed by atoms with Crippen LogP contribution in [0.5, 0.6) is 0 Å². The van der Waals surface area contributed by atoms with Gasteiger partial charge in [0.1, 0.15) is 16.2 Å². The zero-order valence-electron chi connectivity index (χ0n) is 20.7. The van der Waals surface area contributed by atoms with E-state index in [1.54, 1.807) is 46.2 Å². The van der Waals surface area contributed by atoms with Crippen LogP contribution in [-0.4, -0.2) is 46.9 Å². The Hall–Kier alpha value is -2.01. The number of hydrogen-bond acceptors (Lipinski definition) is 7. The molecule has 0 saturated carbocycles. The van der Waals surface area contributed by atoms with Crippen molar-refractivity contribution < 1.29 is 13.2 Å². The van der Waals surface area contributed by atoms with Crippen LogP contribution in [0.25, 0.3) is 10.2 Å². The van der Waals surface area contributed by atoms with E-state index in [1.165, 1.54) is 28.6 Å². The first-order valence-corrected chi connectivity index (χ1v) is 15.9. The van der Waals surface area contributed by atoms with Gasteiger partial charge in [0.15, 0.2) is 0 Å². The molecular weight excluding hydrogens is 513 g/mol. The second kappa shape index (κ2) is 10.8. The number of thiophene rings is 1. The summed E-state index contributed by atoms with van der Waals surface area (Å²) in [6.07, 6.45) is 8.57. The monoisotopic (exact) mass is 544 g/mol. The molecule has 1 aliphatic carbocycles. The minimum atomic E-state index is -3.54. The summed E-state index contributed by atoms with van der Waals surface area (Å²) < 4.78 is 28.0. The van der Waals surface area contributed by atoms with E-state index in [2.05, 4.69) is 22.2 Å². The van der Waals surface area contributed by atoms with Gasteiger partial charge in [-0.25, -0.2) is 18.4 Å². The fourth-order valence-corrected chi connectivity index (χ4v) is 9.24. The summed E-state index contributed by atoms with van der Waals surface area (Å²) in [7, 11) is -3.54. The van der Waals surface area contributed by atoms with Crippen LogP contribution < -0.4 is 5.32 Å². The van der Waals surface area contributed by atoms with E-state index in [9.17, 15) is 13.2 Å². The minimum absolute atomic E-state index is 0.0608. The van der Waals surface area contributed by atoms with E-state index >= 15 is 0 Å². The number of piperidine rings is 1. The smallest absolute Gasteiger partial charge is 0.243 e. The van der Waals surface area contributed by atoms with Crippen molar-refractivity contribution >= 4 is 54.9 Å². The number of aromatic nitrogens is 2. The number of carbonyl (C=O) groups is 1. The fourth-order valence-electron chi connectivity index (χ4n) is 5.23. The summed E-state index contributed by atoms with van der Waals surface area (Å²) in [6, 6.07) is 6.57. The van der Waals surface area contributed by atoms with Gasteiger partial charge in [0.2, 0.25) is 15.9 Å². The maximum Gasteiger partial charge on any atom is 0.243 e. The highest BCUT2D eigenvalue weighted by molar-refractivity contribution is 8.00. The van der Waals surface area contributed by atoms with E-state index < -0.39 is 10.0 Å². The van der Waals surface area contributed by atoms with Crippen molar-refractivity contribution in [3.05, 3.63) is 41.0 Å². The third-order valence-electron chi connectivity index (χ3n) is 7.19. The molecule has 1 aromatic carbocycles. The summed E-state index contributed by atoms with van der Waals surface area (Å²) in [5.41, 5.74) is 1.94. The number of amides is 1. The molecule has 3 heterocycles. The van der Waals surface area contributed by atoms with Gasteiger partial charge in [-0.1, -0.05) is 32.0 Å². The van der Waals surface area contributed by atoms with Crippen molar-refractivity contribution in [1.82, 2.24) is 14.3 Å². The summed E-state index contributed by atoms with van der Waals surface area (Å²) in [6.45, 7) is 4.89. The molecule has 36 heavy (non-hydrogen) atoms. The summed E-state index contributed by atoms with van der Waals surface area (Å²) in [4.78, 5) is 24.4. The van der Waals surface area contributed by atoms with E-state index in [1.807, 2.05) is 6.92 Å². The van der Waals surface area contributed by atoms with E-state index in [4.69, 9.17) is 0 Å². The lowest BCUT2D eigenvalue weighted by Gasteiger charge is -2.34. The zero-order chi connectivity index (χ0) is 25.3. The molecule has 10 heteroatoms. The van der Waals surface area contributed by atoms with Gasteiger partial charge in [0.05, 0.1) is 10.6 Å². The van der Waals surface area contributed by atoms with Crippen LogP contribution in [0.4, 0.5) is 5.69 Å². The van der Waals surface area contributed by atoms with Crippen LogP contribution in [0.3, 0.4) is 0 Å². The van der Waals surface area contributed by atoms with Crippen molar-refractivity contribution in [3.8, 4) is 0 Å². The second-order valence-electron chi connectivity index (χ2n) is 9.75. The molecule has 192 valence electrons. The number of nitrogens with zero attached hydrogens (tertiary/aromatic N) is 3. The first-order chi connectivity index (χ1) is 17.4.